The lowest BCUT2D eigenvalue weighted by Gasteiger charge is -2.26. The van der Waals surface area contributed by atoms with Gasteiger partial charge in [-0.3, -0.25) is 4.79 Å². The van der Waals surface area contributed by atoms with Gasteiger partial charge >= 0.3 is 6.18 Å². The molecule has 0 saturated heterocycles. The summed E-state index contributed by atoms with van der Waals surface area (Å²) in [5, 5.41) is 2.82. The van der Waals surface area contributed by atoms with E-state index in [1.54, 1.807) is 19.9 Å². The Labute approximate surface area is 171 Å². The van der Waals surface area contributed by atoms with E-state index in [1.807, 2.05) is 18.2 Å². The van der Waals surface area contributed by atoms with Gasteiger partial charge in [0.05, 0.1) is 11.3 Å². The number of hydrogen-bond acceptors (Lipinski definition) is 4. The van der Waals surface area contributed by atoms with Crippen LogP contribution in [0.3, 0.4) is 0 Å². The molecule has 0 bridgehead atoms. The van der Waals surface area contributed by atoms with Crippen molar-refractivity contribution >= 4 is 17.7 Å². The number of carbonyl (C=O) groups is 1. The first-order chi connectivity index (χ1) is 13.6. The van der Waals surface area contributed by atoms with Crippen molar-refractivity contribution in [2.24, 2.45) is 0 Å². The number of fused-ring (bicyclic) bond motifs is 1. The van der Waals surface area contributed by atoms with E-state index < -0.39 is 17.2 Å². The maximum atomic E-state index is 12.9. The summed E-state index contributed by atoms with van der Waals surface area (Å²) >= 11 is 1.36. The first kappa shape index (κ1) is 21.4. The van der Waals surface area contributed by atoms with Crippen LogP contribution in [0.25, 0.3) is 0 Å². The smallest absolute Gasteiger partial charge is 0.416 e. The summed E-state index contributed by atoms with van der Waals surface area (Å²) < 4.78 is 49.8. The molecule has 0 unspecified atom stereocenters. The zero-order valence-electron chi connectivity index (χ0n) is 16.1. The third-order valence-electron chi connectivity index (χ3n) is 4.58. The number of halogens is 3. The molecule has 156 valence electrons. The highest BCUT2D eigenvalue weighted by Gasteiger charge is 2.32. The Kier molecular flexibility index (Phi) is 6.31. The summed E-state index contributed by atoms with van der Waals surface area (Å²) in [5.41, 5.74) is -0.811. The van der Waals surface area contributed by atoms with E-state index in [4.69, 9.17) is 9.47 Å². The molecule has 1 heterocycles. The minimum atomic E-state index is -4.39. The highest BCUT2D eigenvalue weighted by atomic mass is 32.2. The molecule has 1 aliphatic heterocycles. The summed E-state index contributed by atoms with van der Waals surface area (Å²) in [6.07, 6.45) is -4.39. The minimum absolute atomic E-state index is 0.190. The van der Waals surface area contributed by atoms with Gasteiger partial charge in [-0.15, -0.1) is 11.8 Å². The molecule has 0 spiro atoms. The molecule has 0 aromatic heterocycles. The maximum Gasteiger partial charge on any atom is 0.416 e. The van der Waals surface area contributed by atoms with Gasteiger partial charge in [0.15, 0.2) is 11.5 Å². The fraction of sp³-hybridized carbons (Fsp3) is 0.381. The van der Waals surface area contributed by atoms with Crippen LogP contribution < -0.4 is 14.8 Å². The average Bonchev–Trinajstić information content (AvgIpc) is 2.70. The van der Waals surface area contributed by atoms with E-state index in [0.717, 1.165) is 17.0 Å². The maximum absolute atomic E-state index is 12.9. The fourth-order valence-corrected chi connectivity index (χ4v) is 3.61. The summed E-state index contributed by atoms with van der Waals surface area (Å²) in [5.74, 6) is 1.35. The second kappa shape index (κ2) is 8.57. The molecular formula is C21H22F3NO3S. The van der Waals surface area contributed by atoms with Gasteiger partial charge in [0, 0.05) is 16.9 Å². The van der Waals surface area contributed by atoms with Crippen LogP contribution in [-0.2, 0) is 16.4 Å². The monoisotopic (exact) mass is 425 g/mol. The summed E-state index contributed by atoms with van der Waals surface area (Å²) in [6, 6.07) is 10.7. The Morgan fingerprint density at radius 1 is 1.03 bits per heavy atom. The first-order valence-electron chi connectivity index (χ1n) is 9.12. The van der Waals surface area contributed by atoms with E-state index in [0.29, 0.717) is 30.3 Å². The van der Waals surface area contributed by atoms with Crippen molar-refractivity contribution in [3.8, 4) is 11.5 Å². The van der Waals surface area contributed by atoms with Gasteiger partial charge in [-0.05, 0) is 29.8 Å². The second-order valence-electron chi connectivity index (χ2n) is 7.33. The molecule has 2 aromatic rings. The summed E-state index contributed by atoms with van der Waals surface area (Å²) in [7, 11) is 0. The van der Waals surface area contributed by atoms with E-state index >= 15 is 0 Å². The molecule has 0 saturated carbocycles. The van der Waals surface area contributed by atoms with E-state index in [1.165, 1.54) is 17.8 Å². The molecule has 1 N–H and O–H groups in total. The van der Waals surface area contributed by atoms with Gasteiger partial charge in [-0.25, -0.2) is 0 Å². The van der Waals surface area contributed by atoms with Crippen LogP contribution in [0.15, 0.2) is 47.4 Å². The average molecular weight is 425 g/mol. The van der Waals surface area contributed by atoms with Gasteiger partial charge in [0.1, 0.15) is 13.2 Å². The van der Waals surface area contributed by atoms with Crippen molar-refractivity contribution in [2.45, 2.75) is 30.3 Å². The molecule has 0 aliphatic carbocycles. The number of carbonyl (C=O) groups excluding carboxylic acids is 1. The molecule has 1 aliphatic rings. The molecule has 3 rings (SSSR count). The van der Waals surface area contributed by atoms with Crippen LogP contribution in [0.2, 0.25) is 0 Å². The topological polar surface area (TPSA) is 47.6 Å². The number of alkyl halides is 3. The van der Waals surface area contributed by atoms with Crippen molar-refractivity contribution in [1.82, 2.24) is 5.32 Å². The van der Waals surface area contributed by atoms with Crippen LogP contribution in [0.1, 0.15) is 25.0 Å². The summed E-state index contributed by atoms with van der Waals surface area (Å²) in [6.45, 7) is 4.85. The molecule has 1 amide bonds. The van der Waals surface area contributed by atoms with Gasteiger partial charge < -0.3 is 14.8 Å². The number of ether oxygens (including phenoxy) is 2. The molecule has 4 nitrogen and oxygen atoms in total. The van der Waals surface area contributed by atoms with Crippen molar-refractivity contribution in [3.05, 3.63) is 53.6 Å². The quantitative estimate of drug-likeness (QED) is 0.684. The third-order valence-corrected chi connectivity index (χ3v) is 5.58. The molecule has 0 fully saturated rings. The molecular weight excluding hydrogens is 403 g/mol. The largest absolute Gasteiger partial charge is 0.486 e. The zero-order chi connectivity index (χ0) is 21.1. The summed E-state index contributed by atoms with van der Waals surface area (Å²) in [4.78, 5) is 13.1. The normalized spacial score (nSPS) is 13.8. The molecule has 0 atom stereocenters. The highest BCUT2D eigenvalue weighted by molar-refractivity contribution is 8.00. The van der Waals surface area contributed by atoms with Gasteiger partial charge in [-0.2, -0.15) is 13.2 Å². The van der Waals surface area contributed by atoms with Crippen LogP contribution in [0.4, 0.5) is 13.2 Å². The van der Waals surface area contributed by atoms with Crippen molar-refractivity contribution in [3.63, 3.8) is 0 Å². The predicted molar refractivity (Wildman–Crippen MR) is 106 cm³/mol. The van der Waals surface area contributed by atoms with Crippen LogP contribution >= 0.6 is 11.8 Å². The van der Waals surface area contributed by atoms with Crippen LogP contribution in [-0.4, -0.2) is 31.4 Å². The molecule has 2 aromatic carbocycles. The number of thioether (sulfide) groups is 1. The van der Waals surface area contributed by atoms with Gasteiger partial charge in [0.25, 0.3) is 0 Å². The molecule has 0 radical (unpaired) electrons. The minimum Gasteiger partial charge on any atom is -0.486 e. The highest BCUT2D eigenvalue weighted by Crippen LogP contribution is 2.34. The lowest BCUT2D eigenvalue weighted by molar-refractivity contribution is -0.137. The predicted octanol–water partition coefficient (Wildman–Crippen LogP) is 4.66. The number of benzene rings is 2. The van der Waals surface area contributed by atoms with Crippen molar-refractivity contribution < 1.29 is 27.4 Å². The Morgan fingerprint density at radius 2 is 1.72 bits per heavy atom. The number of rotatable bonds is 6. The van der Waals surface area contributed by atoms with Gasteiger partial charge in [-0.1, -0.05) is 32.0 Å². The third kappa shape index (κ3) is 5.59. The number of amides is 1. The van der Waals surface area contributed by atoms with E-state index in [9.17, 15) is 18.0 Å². The van der Waals surface area contributed by atoms with Crippen molar-refractivity contribution in [1.29, 1.82) is 0 Å². The number of nitrogens with one attached hydrogen (secondary N) is 1. The SMILES string of the molecule is CC(C)(CNC(=O)CSc1ccc2c(c1)OCCO2)c1cccc(C(F)(F)F)c1. The Hall–Kier alpha value is -2.35. The number of hydrogen-bond donors (Lipinski definition) is 1. The zero-order valence-corrected chi connectivity index (χ0v) is 17.0. The second-order valence-corrected chi connectivity index (χ2v) is 8.38. The fourth-order valence-electron chi connectivity index (χ4n) is 2.85. The Balaban J connectivity index is 1.54. The molecule has 29 heavy (non-hydrogen) atoms. The lowest BCUT2D eigenvalue weighted by Crippen LogP contribution is -2.37. The standard InChI is InChI=1S/C21H22F3NO3S/c1-20(2,14-4-3-5-15(10-14)21(22,23)24)13-25-19(26)12-29-16-6-7-17-18(11-16)28-9-8-27-17/h3-7,10-11H,8-9,12-13H2,1-2H3,(H,25,26). The van der Waals surface area contributed by atoms with E-state index in [2.05, 4.69) is 5.32 Å². The Morgan fingerprint density at radius 3 is 2.45 bits per heavy atom. The van der Waals surface area contributed by atoms with Crippen LogP contribution in [0, 0.1) is 0 Å². The van der Waals surface area contributed by atoms with E-state index in [-0.39, 0.29) is 18.2 Å². The first-order valence-corrected chi connectivity index (χ1v) is 10.1. The molecule has 8 heteroatoms. The van der Waals surface area contributed by atoms with Crippen molar-refractivity contribution in [2.75, 3.05) is 25.5 Å². The van der Waals surface area contributed by atoms with Crippen LogP contribution in [0.5, 0.6) is 11.5 Å². The lowest BCUT2D eigenvalue weighted by atomic mass is 9.83. The van der Waals surface area contributed by atoms with Gasteiger partial charge in [0.2, 0.25) is 5.91 Å². The Bertz CT molecular complexity index is 884.